The Bertz CT molecular complexity index is 506. The highest BCUT2D eigenvalue weighted by Gasteiger charge is 2.18. The first-order valence-corrected chi connectivity index (χ1v) is 9.62. The van der Waals surface area contributed by atoms with Crippen LogP contribution in [0.15, 0.2) is 24.3 Å². The van der Waals surface area contributed by atoms with E-state index in [2.05, 4.69) is 53.6 Å². The number of benzene rings is 1. The molecule has 1 saturated heterocycles. The number of piperidine rings is 1. The summed E-state index contributed by atoms with van der Waals surface area (Å²) in [7, 11) is 0. The first-order valence-electron chi connectivity index (χ1n) is 9.62. The smallest absolute Gasteiger partial charge is 0.315 e. The maximum absolute atomic E-state index is 11.9. The number of aliphatic hydroxyl groups excluding tert-OH is 1. The second-order valence-corrected chi connectivity index (χ2v) is 7.03. The Morgan fingerprint density at radius 1 is 1.16 bits per heavy atom. The highest BCUT2D eigenvalue weighted by Crippen LogP contribution is 2.23. The first-order chi connectivity index (χ1) is 12.2. The Kier molecular flexibility index (Phi) is 8.06. The lowest BCUT2D eigenvalue weighted by Gasteiger charge is -2.33. The van der Waals surface area contributed by atoms with Crippen LogP contribution >= 0.6 is 0 Å². The number of hydrogen-bond acceptors (Lipinski definition) is 3. The van der Waals surface area contributed by atoms with Crippen molar-refractivity contribution in [2.45, 2.75) is 46.1 Å². The molecule has 0 atom stereocenters. The number of hydrogen-bond donors (Lipinski definition) is 3. The third-order valence-corrected chi connectivity index (χ3v) is 5.33. The van der Waals surface area contributed by atoms with Crippen LogP contribution < -0.4 is 15.5 Å². The Morgan fingerprint density at radius 3 is 2.36 bits per heavy atom. The average Bonchev–Trinajstić information content (AvgIpc) is 2.67. The number of amides is 2. The zero-order valence-corrected chi connectivity index (χ0v) is 15.6. The minimum atomic E-state index is -0.0953. The zero-order valence-electron chi connectivity index (χ0n) is 15.6. The van der Waals surface area contributed by atoms with E-state index in [0.717, 1.165) is 50.9 Å². The van der Waals surface area contributed by atoms with Gasteiger partial charge in [0.2, 0.25) is 0 Å². The Balaban J connectivity index is 1.74. The van der Waals surface area contributed by atoms with E-state index >= 15 is 0 Å². The third-order valence-electron chi connectivity index (χ3n) is 5.33. The van der Waals surface area contributed by atoms with Crippen LogP contribution in [0.1, 0.15) is 45.1 Å². The summed E-state index contributed by atoms with van der Waals surface area (Å²) in [6, 6.07) is 8.31. The summed E-state index contributed by atoms with van der Waals surface area (Å²) in [4.78, 5) is 14.2. The van der Waals surface area contributed by atoms with Gasteiger partial charge in [0.15, 0.2) is 0 Å². The molecular weight excluding hydrogens is 314 g/mol. The summed E-state index contributed by atoms with van der Waals surface area (Å²) in [6.45, 7) is 7.90. The standard InChI is InChI=1S/C20H33N3O2/c1-3-16(4-2)13-21-20(25)22-14-17-5-7-19(8-6-17)23-11-9-18(15-24)10-12-23/h5-8,16,18,24H,3-4,9-15H2,1-2H3,(H2,21,22,25). The molecule has 25 heavy (non-hydrogen) atoms. The van der Waals surface area contributed by atoms with Crippen molar-refractivity contribution in [1.29, 1.82) is 0 Å². The topological polar surface area (TPSA) is 64.6 Å². The molecule has 1 aromatic carbocycles. The van der Waals surface area contributed by atoms with E-state index in [1.807, 2.05) is 0 Å². The molecule has 2 rings (SSSR count). The fraction of sp³-hybridized carbons (Fsp3) is 0.650. The molecule has 0 bridgehead atoms. The largest absolute Gasteiger partial charge is 0.396 e. The normalized spacial score (nSPS) is 15.4. The maximum atomic E-state index is 11.9. The minimum Gasteiger partial charge on any atom is -0.396 e. The van der Waals surface area contributed by atoms with Gasteiger partial charge >= 0.3 is 6.03 Å². The quantitative estimate of drug-likeness (QED) is 0.677. The van der Waals surface area contributed by atoms with Crippen molar-refractivity contribution in [3.63, 3.8) is 0 Å². The van der Waals surface area contributed by atoms with Gasteiger partial charge in [0.1, 0.15) is 0 Å². The van der Waals surface area contributed by atoms with Crippen molar-refractivity contribution < 1.29 is 9.90 Å². The van der Waals surface area contributed by atoms with Crippen molar-refractivity contribution in [2.75, 3.05) is 31.1 Å². The number of aliphatic hydroxyl groups is 1. The van der Waals surface area contributed by atoms with Crippen LogP contribution in [0, 0.1) is 11.8 Å². The summed E-state index contributed by atoms with van der Waals surface area (Å²) in [5.41, 5.74) is 2.32. The van der Waals surface area contributed by atoms with Gasteiger partial charge in [0.25, 0.3) is 0 Å². The van der Waals surface area contributed by atoms with Crippen LogP contribution in [0.3, 0.4) is 0 Å². The van der Waals surface area contributed by atoms with Gasteiger partial charge in [-0.05, 0) is 42.4 Å². The molecule has 1 aromatic rings. The second kappa shape index (κ2) is 10.3. The summed E-state index contributed by atoms with van der Waals surface area (Å²) in [5, 5.41) is 15.1. The predicted molar refractivity (Wildman–Crippen MR) is 103 cm³/mol. The van der Waals surface area contributed by atoms with E-state index < -0.39 is 0 Å². The minimum absolute atomic E-state index is 0.0953. The highest BCUT2D eigenvalue weighted by atomic mass is 16.3. The van der Waals surface area contributed by atoms with Gasteiger partial charge in [-0.25, -0.2) is 4.79 Å². The van der Waals surface area contributed by atoms with Crippen LogP contribution in [0.4, 0.5) is 10.5 Å². The van der Waals surface area contributed by atoms with E-state index in [4.69, 9.17) is 0 Å². The maximum Gasteiger partial charge on any atom is 0.315 e. The van der Waals surface area contributed by atoms with Crippen molar-refractivity contribution in [1.82, 2.24) is 10.6 Å². The van der Waals surface area contributed by atoms with E-state index in [9.17, 15) is 9.90 Å². The molecule has 1 fully saturated rings. The van der Waals surface area contributed by atoms with Gasteiger partial charge in [-0.2, -0.15) is 0 Å². The molecule has 1 heterocycles. The lowest BCUT2D eigenvalue weighted by molar-refractivity contribution is 0.203. The number of anilines is 1. The van der Waals surface area contributed by atoms with Crippen molar-refractivity contribution in [3.8, 4) is 0 Å². The molecule has 1 aliphatic heterocycles. The van der Waals surface area contributed by atoms with Gasteiger partial charge in [-0.15, -0.1) is 0 Å². The molecule has 5 nitrogen and oxygen atoms in total. The molecule has 0 aromatic heterocycles. The second-order valence-electron chi connectivity index (χ2n) is 7.03. The summed E-state index contributed by atoms with van der Waals surface area (Å²) in [5.74, 6) is 1.01. The van der Waals surface area contributed by atoms with Gasteiger partial charge in [-0.1, -0.05) is 38.8 Å². The summed E-state index contributed by atoms with van der Waals surface area (Å²) in [6.07, 6.45) is 4.29. The van der Waals surface area contributed by atoms with Crippen molar-refractivity contribution in [3.05, 3.63) is 29.8 Å². The molecule has 5 heteroatoms. The van der Waals surface area contributed by atoms with Crippen molar-refractivity contribution in [2.24, 2.45) is 11.8 Å². The Labute approximate surface area is 151 Å². The third kappa shape index (κ3) is 6.24. The lowest BCUT2D eigenvalue weighted by atomic mass is 9.97. The Morgan fingerprint density at radius 2 is 1.80 bits per heavy atom. The number of rotatable bonds is 8. The summed E-state index contributed by atoms with van der Waals surface area (Å²) >= 11 is 0. The predicted octanol–water partition coefficient (Wildman–Crippen LogP) is 3.13. The zero-order chi connectivity index (χ0) is 18.1. The number of nitrogens with zero attached hydrogens (tertiary/aromatic N) is 1. The molecule has 0 aliphatic carbocycles. The molecule has 140 valence electrons. The molecule has 0 unspecified atom stereocenters. The molecule has 0 radical (unpaired) electrons. The number of nitrogens with one attached hydrogen (secondary N) is 2. The number of urea groups is 1. The lowest BCUT2D eigenvalue weighted by Crippen LogP contribution is -2.37. The van der Waals surface area contributed by atoms with Crippen LogP contribution in [-0.4, -0.2) is 37.4 Å². The van der Waals surface area contributed by atoms with E-state index in [-0.39, 0.29) is 6.03 Å². The van der Waals surface area contributed by atoms with E-state index in [1.54, 1.807) is 0 Å². The highest BCUT2D eigenvalue weighted by molar-refractivity contribution is 5.73. The van der Waals surface area contributed by atoms with Gasteiger partial charge in [0.05, 0.1) is 0 Å². The van der Waals surface area contributed by atoms with Crippen LogP contribution in [-0.2, 0) is 6.54 Å². The van der Waals surface area contributed by atoms with Gasteiger partial charge in [0, 0.05) is 38.5 Å². The molecule has 3 N–H and O–H groups in total. The number of carbonyl (C=O) groups excluding carboxylic acids is 1. The fourth-order valence-corrected chi connectivity index (χ4v) is 3.26. The first kappa shape index (κ1) is 19.6. The Hall–Kier alpha value is -1.75. The van der Waals surface area contributed by atoms with Gasteiger partial charge in [-0.3, -0.25) is 0 Å². The van der Waals surface area contributed by atoms with Crippen LogP contribution in [0.2, 0.25) is 0 Å². The average molecular weight is 348 g/mol. The summed E-state index contributed by atoms with van der Waals surface area (Å²) < 4.78 is 0. The van der Waals surface area contributed by atoms with E-state index in [1.165, 1.54) is 5.69 Å². The monoisotopic (exact) mass is 347 g/mol. The molecule has 0 spiro atoms. The number of carbonyl (C=O) groups is 1. The van der Waals surface area contributed by atoms with E-state index in [0.29, 0.717) is 25.0 Å². The molecule has 2 amide bonds. The van der Waals surface area contributed by atoms with Gasteiger partial charge < -0.3 is 20.6 Å². The van der Waals surface area contributed by atoms with Crippen molar-refractivity contribution >= 4 is 11.7 Å². The van der Waals surface area contributed by atoms with Crippen LogP contribution in [0.5, 0.6) is 0 Å². The van der Waals surface area contributed by atoms with Crippen LogP contribution in [0.25, 0.3) is 0 Å². The SMILES string of the molecule is CCC(CC)CNC(=O)NCc1ccc(N2CCC(CO)CC2)cc1. The molecule has 1 aliphatic rings. The fourth-order valence-electron chi connectivity index (χ4n) is 3.26. The molecular formula is C20H33N3O2. The molecule has 0 saturated carbocycles.